The van der Waals surface area contributed by atoms with Gasteiger partial charge in [-0.05, 0) is 40.6 Å². The maximum Gasteiger partial charge on any atom is 0.135 e. The third-order valence-electron chi connectivity index (χ3n) is 5.10. The van der Waals surface area contributed by atoms with Crippen LogP contribution in [0, 0.1) is 11.3 Å². The van der Waals surface area contributed by atoms with Gasteiger partial charge in [-0.25, -0.2) is 4.98 Å². The molecule has 0 bridgehead atoms. The van der Waals surface area contributed by atoms with Crippen LogP contribution in [-0.2, 0) is 6.61 Å². The third kappa shape index (κ3) is 3.92. The van der Waals surface area contributed by atoms with Crippen molar-refractivity contribution in [3.63, 3.8) is 0 Å². The zero-order valence-corrected chi connectivity index (χ0v) is 17.5. The molecule has 4 heteroatoms. The largest absolute Gasteiger partial charge is 0.488 e. The molecule has 0 radical (unpaired) electrons. The minimum absolute atomic E-state index is 0.461. The number of ether oxygens (including phenoxy) is 1. The smallest absolute Gasteiger partial charge is 0.135 e. The lowest BCUT2D eigenvalue weighted by atomic mass is 10.0. The Morgan fingerprint density at radius 2 is 1.68 bits per heavy atom. The molecule has 0 unspecified atom stereocenters. The molecule has 0 fully saturated rings. The van der Waals surface area contributed by atoms with Crippen LogP contribution in [0.3, 0.4) is 0 Å². The Kier molecular flexibility index (Phi) is 5.18. The van der Waals surface area contributed by atoms with Crippen molar-refractivity contribution in [1.82, 2.24) is 4.98 Å². The van der Waals surface area contributed by atoms with Gasteiger partial charge in [0.1, 0.15) is 23.4 Å². The summed E-state index contributed by atoms with van der Waals surface area (Å²) in [4.78, 5) is 4.67. The normalized spacial score (nSPS) is 11.5. The van der Waals surface area contributed by atoms with Crippen LogP contribution in [0.15, 0.2) is 91.0 Å². The van der Waals surface area contributed by atoms with Crippen molar-refractivity contribution in [2.75, 3.05) is 0 Å². The number of nitriles is 1. The van der Waals surface area contributed by atoms with E-state index < -0.39 is 0 Å². The number of fused-ring (bicyclic) bond motifs is 2. The van der Waals surface area contributed by atoms with Gasteiger partial charge in [-0.2, -0.15) is 5.26 Å². The third-order valence-corrected chi connectivity index (χ3v) is 6.17. The summed E-state index contributed by atoms with van der Waals surface area (Å²) in [7, 11) is 0. The summed E-state index contributed by atoms with van der Waals surface area (Å²) in [6.45, 7) is 0.461. The highest BCUT2D eigenvalue weighted by Crippen LogP contribution is 2.34. The predicted octanol–water partition coefficient (Wildman–Crippen LogP) is 7.09. The predicted molar refractivity (Wildman–Crippen MR) is 128 cm³/mol. The van der Waals surface area contributed by atoms with Gasteiger partial charge in [0.2, 0.25) is 0 Å². The molecule has 0 amide bonds. The van der Waals surface area contributed by atoms with Crippen molar-refractivity contribution in [3.05, 3.63) is 107 Å². The Labute approximate surface area is 184 Å². The van der Waals surface area contributed by atoms with Gasteiger partial charge in [-0.3, -0.25) is 0 Å². The topological polar surface area (TPSA) is 45.9 Å². The summed E-state index contributed by atoms with van der Waals surface area (Å²) < 4.78 is 7.27. The molecule has 5 aromatic rings. The highest BCUT2D eigenvalue weighted by Gasteiger charge is 2.13. The summed E-state index contributed by atoms with van der Waals surface area (Å²) >= 11 is 1.53. The SMILES string of the molecule is N#C/C(=C\c1c(OCc2ccccc2)ccc2ccccc12)c1nc2ccccc2s1. The first-order chi connectivity index (χ1) is 15.3. The molecule has 3 nitrogen and oxygen atoms in total. The molecule has 148 valence electrons. The number of hydrogen-bond donors (Lipinski definition) is 0. The number of nitrogens with zero attached hydrogens (tertiary/aromatic N) is 2. The van der Waals surface area contributed by atoms with Gasteiger partial charge in [0.05, 0.1) is 15.8 Å². The van der Waals surface area contributed by atoms with Crippen LogP contribution in [0.25, 0.3) is 32.6 Å². The lowest BCUT2D eigenvalue weighted by Gasteiger charge is -2.12. The number of rotatable bonds is 5. The number of benzene rings is 4. The molecular weight excluding hydrogens is 400 g/mol. The molecule has 0 aliphatic rings. The molecule has 4 aromatic carbocycles. The van der Waals surface area contributed by atoms with Gasteiger partial charge < -0.3 is 4.74 Å². The minimum atomic E-state index is 0.461. The van der Waals surface area contributed by atoms with Crippen molar-refractivity contribution >= 4 is 44.0 Å². The first-order valence-corrected chi connectivity index (χ1v) is 10.8. The van der Waals surface area contributed by atoms with Crippen molar-refractivity contribution in [2.45, 2.75) is 6.61 Å². The van der Waals surface area contributed by atoms with Gasteiger partial charge >= 0.3 is 0 Å². The summed E-state index contributed by atoms with van der Waals surface area (Å²) in [6.07, 6.45) is 1.90. The van der Waals surface area contributed by atoms with Gasteiger partial charge in [-0.1, -0.05) is 72.8 Å². The van der Waals surface area contributed by atoms with Crippen LogP contribution in [0.5, 0.6) is 5.75 Å². The fraction of sp³-hybridized carbons (Fsp3) is 0.0370. The zero-order valence-electron chi connectivity index (χ0n) is 16.7. The van der Waals surface area contributed by atoms with E-state index in [0.717, 1.165) is 37.9 Å². The number of thiazole rings is 1. The van der Waals surface area contributed by atoms with Gasteiger partial charge in [0.25, 0.3) is 0 Å². The molecule has 31 heavy (non-hydrogen) atoms. The number of hydrogen-bond acceptors (Lipinski definition) is 4. The van der Waals surface area contributed by atoms with E-state index in [0.29, 0.717) is 17.2 Å². The lowest BCUT2D eigenvalue weighted by molar-refractivity contribution is 0.306. The molecular formula is C27H18N2OS. The molecule has 0 saturated heterocycles. The molecule has 0 aliphatic carbocycles. The quantitative estimate of drug-likeness (QED) is 0.286. The van der Waals surface area contributed by atoms with Gasteiger partial charge in [0.15, 0.2) is 0 Å². The van der Waals surface area contributed by atoms with Crippen molar-refractivity contribution in [3.8, 4) is 11.8 Å². The molecule has 0 aliphatic heterocycles. The van der Waals surface area contributed by atoms with E-state index in [-0.39, 0.29) is 0 Å². The van der Waals surface area contributed by atoms with Crippen molar-refractivity contribution < 1.29 is 4.74 Å². The van der Waals surface area contributed by atoms with E-state index in [1.54, 1.807) is 0 Å². The summed E-state index contributed by atoms with van der Waals surface area (Å²) in [5.74, 6) is 0.747. The van der Waals surface area contributed by atoms with Crippen LogP contribution in [-0.4, -0.2) is 4.98 Å². The average Bonchev–Trinajstić information content (AvgIpc) is 3.26. The lowest BCUT2D eigenvalue weighted by Crippen LogP contribution is -1.97. The van der Waals surface area contributed by atoms with E-state index in [4.69, 9.17) is 4.74 Å². The highest BCUT2D eigenvalue weighted by atomic mass is 32.1. The summed E-state index contributed by atoms with van der Waals surface area (Å²) in [5.41, 5.74) is 3.42. The van der Waals surface area contributed by atoms with E-state index in [2.05, 4.69) is 29.3 Å². The van der Waals surface area contributed by atoms with Crippen molar-refractivity contribution in [2.24, 2.45) is 0 Å². The molecule has 1 heterocycles. The Bertz CT molecular complexity index is 1410. The van der Waals surface area contributed by atoms with Crippen LogP contribution in [0.2, 0.25) is 0 Å². The average molecular weight is 419 g/mol. The van der Waals surface area contributed by atoms with Gasteiger partial charge in [0, 0.05) is 5.56 Å². The minimum Gasteiger partial charge on any atom is -0.488 e. The fourth-order valence-corrected chi connectivity index (χ4v) is 4.49. The van der Waals surface area contributed by atoms with E-state index in [1.165, 1.54) is 11.3 Å². The second-order valence-electron chi connectivity index (χ2n) is 7.13. The standard InChI is InChI=1S/C27H18N2OS/c28-17-21(27-29-24-12-6-7-13-26(24)31-27)16-23-22-11-5-4-10-20(22)14-15-25(23)30-18-19-8-2-1-3-9-19/h1-16H,18H2/b21-16+. The van der Waals surface area contributed by atoms with Crippen LogP contribution < -0.4 is 4.74 Å². The molecule has 0 N–H and O–H groups in total. The Morgan fingerprint density at radius 1 is 0.903 bits per heavy atom. The molecule has 0 saturated carbocycles. The van der Waals surface area contributed by atoms with Crippen molar-refractivity contribution in [1.29, 1.82) is 5.26 Å². The number of allylic oxidation sites excluding steroid dienone is 1. The van der Waals surface area contributed by atoms with Gasteiger partial charge in [-0.15, -0.1) is 11.3 Å². The second-order valence-corrected chi connectivity index (χ2v) is 8.16. The van der Waals surface area contributed by atoms with E-state index in [1.807, 2.05) is 78.9 Å². The zero-order chi connectivity index (χ0) is 21.0. The Balaban J connectivity index is 1.61. The summed E-state index contributed by atoms with van der Waals surface area (Å²) in [6, 6.07) is 32.5. The Hall–Kier alpha value is -3.94. The maximum atomic E-state index is 9.94. The van der Waals surface area contributed by atoms with E-state index in [9.17, 15) is 5.26 Å². The first-order valence-electron chi connectivity index (χ1n) is 9.98. The first kappa shape index (κ1) is 19.0. The number of aromatic nitrogens is 1. The number of para-hydroxylation sites is 1. The second kappa shape index (κ2) is 8.43. The van der Waals surface area contributed by atoms with Crippen LogP contribution >= 0.6 is 11.3 Å². The van der Waals surface area contributed by atoms with Crippen LogP contribution in [0.1, 0.15) is 16.1 Å². The Morgan fingerprint density at radius 3 is 2.52 bits per heavy atom. The monoisotopic (exact) mass is 418 g/mol. The van der Waals surface area contributed by atoms with E-state index >= 15 is 0 Å². The molecule has 0 atom stereocenters. The summed E-state index contributed by atoms with van der Waals surface area (Å²) in [5, 5.41) is 12.8. The molecule has 0 spiro atoms. The highest BCUT2D eigenvalue weighted by molar-refractivity contribution is 7.19. The fourth-order valence-electron chi connectivity index (χ4n) is 3.56. The molecule has 1 aromatic heterocycles. The van der Waals surface area contributed by atoms with Crippen LogP contribution in [0.4, 0.5) is 0 Å². The maximum absolute atomic E-state index is 9.94. The molecule has 5 rings (SSSR count).